The monoisotopic (exact) mass is 318 g/mol. The summed E-state index contributed by atoms with van der Waals surface area (Å²) < 4.78 is 14.7. The summed E-state index contributed by atoms with van der Waals surface area (Å²) in [5, 5.41) is 17.5. The molecule has 1 aliphatic rings. The molecule has 7 nitrogen and oxygen atoms in total. The van der Waals surface area contributed by atoms with Gasteiger partial charge in [-0.3, -0.25) is 19.6 Å². The number of aryl methyl sites for hydroxylation is 2. The Hall–Kier alpha value is -2.77. The Kier molecular flexibility index (Phi) is 3.81. The highest BCUT2D eigenvalue weighted by molar-refractivity contribution is 5.96. The van der Waals surface area contributed by atoms with Gasteiger partial charge in [0.25, 0.3) is 5.91 Å². The molecule has 0 radical (unpaired) electrons. The number of nitrogens with one attached hydrogen (secondary N) is 1. The number of hydrogen-bond acceptors (Lipinski definition) is 4. The van der Waals surface area contributed by atoms with E-state index >= 15 is 0 Å². The number of benzene rings is 1. The maximum Gasteiger partial charge on any atom is 0.320 e. The van der Waals surface area contributed by atoms with E-state index < -0.39 is 10.8 Å². The van der Waals surface area contributed by atoms with Crippen LogP contribution in [0.3, 0.4) is 0 Å². The van der Waals surface area contributed by atoms with E-state index in [9.17, 15) is 19.3 Å². The third-order valence-electron chi connectivity index (χ3n) is 4.06. The Morgan fingerprint density at radius 1 is 1.52 bits per heavy atom. The van der Waals surface area contributed by atoms with Gasteiger partial charge in [-0.15, -0.1) is 0 Å². The van der Waals surface area contributed by atoms with Crippen molar-refractivity contribution in [1.82, 2.24) is 15.1 Å². The van der Waals surface area contributed by atoms with Crippen LogP contribution in [0.4, 0.5) is 10.1 Å². The van der Waals surface area contributed by atoms with Crippen molar-refractivity contribution in [3.8, 4) is 0 Å². The van der Waals surface area contributed by atoms with Crippen LogP contribution in [0.2, 0.25) is 0 Å². The lowest BCUT2D eigenvalue weighted by molar-refractivity contribution is -0.385. The number of rotatable bonds is 3. The number of aromatic nitrogens is 2. The Labute approximate surface area is 131 Å². The average Bonchev–Trinajstić information content (AvgIpc) is 2.90. The number of fused-ring (bicyclic) bond motifs is 1. The van der Waals surface area contributed by atoms with Crippen LogP contribution in [0.15, 0.2) is 24.4 Å². The van der Waals surface area contributed by atoms with Crippen LogP contribution in [-0.4, -0.2) is 20.6 Å². The molecule has 1 N–H and O–H groups in total. The SMILES string of the molecule is Cn1ncc([N+](=O)[O-])c1C(=O)NC1CCCc2ccc(F)cc21. The van der Waals surface area contributed by atoms with Crippen molar-refractivity contribution in [3.63, 3.8) is 0 Å². The molecule has 8 heteroatoms. The molecule has 1 aromatic carbocycles. The molecule has 23 heavy (non-hydrogen) atoms. The number of nitro groups is 1. The van der Waals surface area contributed by atoms with Crippen molar-refractivity contribution >= 4 is 11.6 Å². The number of carbonyl (C=O) groups excluding carboxylic acids is 1. The normalized spacial score (nSPS) is 16.7. The van der Waals surface area contributed by atoms with E-state index in [1.54, 1.807) is 6.07 Å². The largest absolute Gasteiger partial charge is 0.344 e. The van der Waals surface area contributed by atoms with Crippen LogP contribution in [0, 0.1) is 15.9 Å². The zero-order valence-corrected chi connectivity index (χ0v) is 12.5. The maximum absolute atomic E-state index is 13.5. The fraction of sp³-hybridized carbons (Fsp3) is 0.333. The summed E-state index contributed by atoms with van der Waals surface area (Å²) in [5.74, 6) is -0.949. The first-order valence-corrected chi connectivity index (χ1v) is 7.23. The molecule has 120 valence electrons. The van der Waals surface area contributed by atoms with E-state index in [4.69, 9.17) is 0 Å². The van der Waals surface area contributed by atoms with Gasteiger partial charge in [0, 0.05) is 7.05 Å². The van der Waals surface area contributed by atoms with Crippen molar-refractivity contribution in [2.24, 2.45) is 7.05 Å². The fourth-order valence-corrected chi connectivity index (χ4v) is 2.97. The summed E-state index contributed by atoms with van der Waals surface area (Å²) in [6.07, 6.45) is 3.39. The molecule has 0 fully saturated rings. The third-order valence-corrected chi connectivity index (χ3v) is 4.06. The van der Waals surface area contributed by atoms with Crippen LogP contribution in [0.25, 0.3) is 0 Å². The first-order chi connectivity index (χ1) is 11.0. The standard InChI is InChI=1S/C15H15FN4O3/c1-19-14(13(8-17-19)20(22)23)15(21)18-12-4-2-3-9-5-6-10(16)7-11(9)12/h5-8,12H,2-4H2,1H3,(H,18,21). The Morgan fingerprint density at radius 3 is 3.04 bits per heavy atom. The number of hydrogen-bond donors (Lipinski definition) is 1. The van der Waals surface area contributed by atoms with E-state index in [1.807, 2.05) is 0 Å². The molecular weight excluding hydrogens is 303 g/mol. The van der Waals surface area contributed by atoms with Crippen molar-refractivity contribution in [2.45, 2.75) is 25.3 Å². The summed E-state index contributed by atoms with van der Waals surface area (Å²) >= 11 is 0. The summed E-state index contributed by atoms with van der Waals surface area (Å²) in [4.78, 5) is 22.8. The first kappa shape index (κ1) is 15.1. The van der Waals surface area contributed by atoms with E-state index in [0.29, 0.717) is 6.42 Å². The predicted molar refractivity (Wildman–Crippen MR) is 79.4 cm³/mol. The topological polar surface area (TPSA) is 90.1 Å². The second kappa shape index (κ2) is 5.79. The lowest BCUT2D eigenvalue weighted by atomic mass is 9.87. The highest BCUT2D eigenvalue weighted by atomic mass is 19.1. The van der Waals surface area contributed by atoms with Crippen LogP contribution in [0.5, 0.6) is 0 Å². The summed E-state index contributed by atoms with van der Waals surface area (Å²) in [6.45, 7) is 0. The molecular formula is C15H15FN4O3. The Balaban J connectivity index is 1.89. The van der Waals surface area contributed by atoms with Gasteiger partial charge in [-0.05, 0) is 42.5 Å². The second-order valence-corrected chi connectivity index (χ2v) is 5.52. The molecule has 0 spiro atoms. The van der Waals surface area contributed by atoms with Crippen molar-refractivity contribution in [3.05, 3.63) is 57.1 Å². The molecule has 1 aromatic heterocycles. The number of nitrogens with zero attached hydrogens (tertiary/aromatic N) is 3. The first-order valence-electron chi connectivity index (χ1n) is 7.23. The quantitative estimate of drug-likeness (QED) is 0.694. The summed E-state index contributed by atoms with van der Waals surface area (Å²) in [5.41, 5.74) is 1.26. The zero-order valence-electron chi connectivity index (χ0n) is 12.5. The van der Waals surface area contributed by atoms with Crippen LogP contribution in [0.1, 0.15) is 40.5 Å². The molecule has 1 heterocycles. The van der Waals surface area contributed by atoms with Gasteiger partial charge in [-0.1, -0.05) is 6.07 Å². The zero-order chi connectivity index (χ0) is 16.6. The summed E-state index contributed by atoms with van der Waals surface area (Å²) in [6, 6.07) is 4.16. The van der Waals surface area contributed by atoms with Crippen LogP contribution < -0.4 is 5.32 Å². The maximum atomic E-state index is 13.5. The van der Waals surface area contributed by atoms with Crippen molar-refractivity contribution < 1.29 is 14.1 Å². The van der Waals surface area contributed by atoms with Gasteiger partial charge < -0.3 is 5.32 Å². The second-order valence-electron chi connectivity index (χ2n) is 5.52. The predicted octanol–water partition coefficient (Wildman–Crippen LogP) is 2.27. The van der Waals surface area contributed by atoms with Gasteiger partial charge >= 0.3 is 5.69 Å². The number of halogens is 1. The lowest BCUT2D eigenvalue weighted by Crippen LogP contribution is -2.32. The van der Waals surface area contributed by atoms with Crippen molar-refractivity contribution in [2.75, 3.05) is 0 Å². The molecule has 0 bridgehead atoms. The minimum absolute atomic E-state index is 0.112. The lowest BCUT2D eigenvalue weighted by Gasteiger charge is -2.26. The molecule has 1 amide bonds. The molecule has 1 atom stereocenters. The molecule has 0 saturated carbocycles. The van der Waals surface area contributed by atoms with Gasteiger partial charge in [0.05, 0.1) is 11.0 Å². The molecule has 0 saturated heterocycles. The van der Waals surface area contributed by atoms with Crippen molar-refractivity contribution in [1.29, 1.82) is 0 Å². The number of amides is 1. The van der Waals surface area contributed by atoms with Crippen LogP contribution >= 0.6 is 0 Å². The molecule has 0 aliphatic heterocycles. The average molecular weight is 318 g/mol. The number of carbonyl (C=O) groups is 1. The summed E-state index contributed by atoms with van der Waals surface area (Å²) in [7, 11) is 1.47. The van der Waals surface area contributed by atoms with Gasteiger partial charge in [-0.2, -0.15) is 5.10 Å². The van der Waals surface area contributed by atoms with Gasteiger partial charge in [0.15, 0.2) is 0 Å². The molecule has 1 aliphatic carbocycles. The van der Waals surface area contributed by atoms with Gasteiger partial charge in [-0.25, -0.2) is 4.39 Å². The van der Waals surface area contributed by atoms with E-state index in [2.05, 4.69) is 10.4 Å². The smallest absolute Gasteiger partial charge is 0.320 e. The molecule has 1 unspecified atom stereocenters. The van der Waals surface area contributed by atoms with E-state index in [1.165, 1.54) is 23.9 Å². The van der Waals surface area contributed by atoms with E-state index in [-0.39, 0.29) is 23.2 Å². The minimum Gasteiger partial charge on any atom is -0.344 e. The Morgan fingerprint density at radius 2 is 2.30 bits per heavy atom. The molecule has 3 rings (SSSR count). The third kappa shape index (κ3) is 2.79. The molecule has 2 aromatic rings. The Bertz CT molecular complexity index is 787. The van der Waals surface area contributed by atoms with Crippen LogP contribution in [-0.2, 0) is 13.5 Å². The van der Waals surface area contributed by atoms with Gasteiger partial charge in [0.1, 0.15) is 12.0 Å². The minimum atomic E-state index is -0.642. The highest BCUT2D eigenvalue weighted by Gasteiger charge is 2.29. The highest BCUT2D eigenvalue weighted by Crippen LogP contribution is 2.31. The fourth-order valence-electron chi connectivity index (χ4n) is 2.97. The van der Waals surface area contributed by atoms with Gasteiger partial charge in [0.2, 0.25) is 5.69 Å². The van der Waals surface area contributed by atoms with E-state index in [0.717, 1.165) is 30.2 Å².